The van der Waals surface area contributed by atoms with Crippen LogP contribution in [0.25, 0.3) is 0 Å². The van der Waals surface area contributed by atoms with E-state index >= 15 is 0 Å². The second-order valence-electron chi connectivity index (χ2n) is 4.74. The van der Waals surface area contributed by atoms with Crippen molar-refractivity contribution in [3.63, 3.8) is 0 Å². The topological polar surface area (TPSA) is 58.2 Å². The van der Waals surface area contributed by atoms with Crippen LogP contribution in [0.4, 0.5) is 0 Å². The Kier molecular flexibility index (Phi) is 4.70. The molecule has 0 saturated carbocycles. The average molecular weight is 371 g/mol. The Morgan fingerprint density at radius 3 is 2.83 bits per heavy atom. The van der Waals surface area contributed by atoms with Gasteiger partial charge in [-0.1, -0.05) is 0 Å². The van der Waals surface area contributed by atoms with E-state index in [1.165, 1.54) is 7.11 Å². The molecule has 1 heterocycles. The molecule has 104 valence electrons. The summed E-state index contributed by atoms with van der Waals surface area (Å²) in [4.78, 5) is 9.70. The summed E-state index contributed by atoms with van der Waals surface area (Å²) in [5.41, 5.74) is 0.946. The number of ether oxygens (including phenoxy) is 2. The molecule has 2 aliphatic rings. The van der Waals surface area contributed by atoms with Crippen molar-refractivity contribution in [2.45, 2.75) is 51.1 Å². The normalized spacial score (nSPS) is 30.9. The molecule has 0 bridgehead atoms. The van der Waals surface area contributed by atoms with Crippen LogP contribution in [0.3, 0.4) is 0 Å². The molecule has 1 aliphatic heterocycles. The molecule has 1 N–H and O–H groups in total. The molecule has 0 radical (unpaired) electrons. The number of allylic oxidation sites excluding steroid dienone is 1. The van der Waals surface area contributed by atoms with Crippen molar-refractivity contribution in [2.75, 3.05) is 7.11 Å². The van der Waals surface area contributed by atoms with Crippen LogP contribution in [-0.4, -0.2) is 25.1 Å². The molecule has 6 nitrogen and oxygen atoms in total. The minimum Gasteiger partial charge on any atom is -0.344 e. The van der Waals surface area contributed by atoms with Crippen LogP contribution in [0.1, 0.15) is 33.1 Å². The molecule has 2 rings (SSSR count). The number of rotatable bonds is 4. The Hall–Kier alpha value is -0.0900. The molecule has 0 aromatic carbocycles. The van der Waals surface area contributed by atoms with E-state index in [2.05, 4.69) is 36.3 Å². The molecule has 7 heteroatoms. The highest BCUT2D eigenvalue weighted by molar-refractivity contribution is 14.1. The molecular formula is C11H18INO5. The van der Waals surface area contributed by atoms with Crippen LogP contribution in [0.15, 0.2) is 11.5 Å². The third-order valence-electron chi connectivity index (χ3n) is 2.96. The van der Waals surface area contributed by atoms with Crippen LogP contribution in [0.2, 0.25) is 0 Å². The first kappa shape index (κ1) is 14.3. The van der Waals surface area contributed by atoms with Gasteiger partial charge < -0.3 is 17.9 Å². The van der Waals surface area contributed by atoms with Crippen molar-refractivity contribution in [3.8, 4) is 0 Å². The van der Waals surface area contributed by atoms with Crippen LogP contribution in [0.5, 0.6) is 0 Å². The lowest BCUT2D eigenvalue weighted by atomic mass is 10.1. The molecule has 1 aliphatic carbocycles. The van der Waals surface area contributed by atoms with Crippen LogP contribution in [-0.2, 0) is 24.3 Å². The van der Waals surface area contributed by atoms with E-state index in [0.717, 1.165) is 25.0 Å². The van der Waals surface area contributed by atoms with Gasteiger partial charge in [-0.3, -0.25) is 0 Å². The predicted octanol–water partition coefficient (Wildman–Crippen LogP) is 2.35. The van der Waals surface area contributed by atoms with Crippen LogP contribution in [0, 0.1) is 0 Å². The molecule has 2 atom stereocenters. The average Bonchev–Trinajstić information content (AvgIpc) is 2.53. The smallest absolute Gasteiger partial charge is 0.196 e. The number of hydrogen-bond acceptors (Lipinski definition) is 6. The molecule has 2 unspecified atom stereocenters. The Balaban J connectivity index is 2.23. The van der Waals surface area contributed by atoms with E-state index in [-0.39, 0.29) is 12.2 Å². The first-order chi connectivity index (χ1) is 8.57. The summed E-state index contributed by atoms with van der Waals surface area (Å²) in [6, 6.07) is 0. The lowest BCUT2D eigenvalue weighted by molar-refractivity contribution is -0.488. The highest BCUT2D eigenvalue weighted by atomic mass is 127. The number of fused-ring (bicyclic) bond motifs is 1. The Morgan fingerprint density at radius 1 is 1.39 bits per heavy atom. The van der Waals surface area contributed by atoms with Gasteiger partial charge in [-0.25, -0.2) is 0 Å². The third-order valence-corrected chi connectivity index (χ3v) is 3.61. The molecule has 1 saturated heterocycles. The van der Waals surface area contributed by atoms with Gasteiger partial charge >= 0.3 is 0 Å². The largest absolute Gasteiger partial charge is 0.344 e. The summed E-state index contributed by atoms with van der Waals surface area (Å²) in [6.45, 7) is 3.79. The fraction of sp³-hybridized carbons (Fsp3) is 0.818. The standard InChI is InChI=1S/C11H18INO5/c1-11(2)15-8-6-4-5-7(13-12)9(10(8)16-11)17-18-14-3/h8,10,13H,4-6H2,1-3H3. The zero-order valence-electron chi connectivity index (χ0n) is 10.7. The van der Waals surface area contributed by atoms with Crippen molar-refractivity contribution in [1.29, 1.82) is 0 Å². The van der Waals surface area contributed by atoms with E-state index < -0.39 is 5.79 Å². The quantitative estimate of drug-likeness (QED) is 0.354. The molecular weight excluding hydrogens is 353 g/mol. The van der Waals surface area contributed by atoms with E-state index in [9.17, 15) is 0 Å². The number of hydrogen-bond donors (Lipinski definition) is 1. The van der Waals surface area contributed by atoms with E-state index in [1.807, 2.05) is 13.8 Å². The zero-order valence-corrected chi connectivity index (χ0v) is 12.9. The van der Waals surface area contributed by atoms with Gasteiger partial charge in [0.05, 0.1) is 41.8 Å². The fourth-order valence-electron chi connectivity index (χ4n) is 2.31. The summed E-state index contributed by atoms with van der Waals surface area (Å²) < 4.78 is 14.9. The van der Waals surface area contributed by atoms with Crippen LogP contribution >= 0.6 is 22.9 Å². The number of nitrogens with one attached hydrogen (secondary N) is 1. The first-order valence-corrected chi connectivity index (χ1v) is 6.98. The van der Waals surface area contributed by atoms with E-state index in [0.29, 0.717) is 5.76 Å². The summed E-state index contributed by atoms with van der Waals surface area (Å²) in [5.74, 6) is -0.00981. The lowest BCUT2D eigenvalue weighted by Crippen LogP contribution is -2.27. The second kappa shape index (κ2) is 5.91. The van der Waals surface area contributed by atoms with Crippen molar-refractivity contribution in [3.05, 3.63) is 11.5 Å². The SMILES string of the molecule is COOOC1=C(NI)CCCC2OC(C)(C)OC12. The van der Waals surface area contributed by atoms with Crippen molar-refractivity contribution in [1.82, 2.24) is 3.53 Å². The molecule has 0 aromatic rings. The summed E-state index contributed by atoms with van der Waals surface area (Å²) in [6.07, 6.45) is 2.51. The maximum atomic E-state index is 5.89. The highest BCUT2D eigenvalue weighted by Crippen LogP contribution is 2.38. The molecule has 1 fully saturated rings. The monoisotopic (exact) mass is 371 g/mol. The fourth-order valence-corrected chi connectivity index (χ4v) is 2.84. The number of halogens is 1. The highest BCUT2D eigenvalue weighted by Gasteiger charge is 2.46. The van der Waals surface area contributed by atoms with Crippen molar-refractivity contribution >= 4 is 22.9 Å². The van der Waals surface area contributed by atoms with Crippen LogP contribution < -0.4 is 3.53 Å². The Morgan fingerprint density at radius 2 is 2.17 bits per heavy atom. The van der Waals surface area contributed by atoms with Gasteiger partial charge in [0.2, 0.25) is 0 Å². The Bertz CT molecular complexity index is 333. The predicted molar refractivity (Wildman–Crippen MR) is 71.0 cm³/mol. The minimum atomic E-state index is -0.606. The van der Waals surface area contributed by atoms with Gasteiger partial charge in [-0.15, -0.1) is 0 Å². The third kappa shape index (κ3) is 3.08. The zero-order chi connectivity index (χ0) is 13.2. The summed E-state index contributed by atoms with van der Waals surface area (Å²) in [5, 5.41) is 4.60. The van der Waals surface area contributed by atoms with Gasteiger partial charge in [0.15, 0.2) is 17.7 Å². The molecule has 18 heavy (non-hydrogen) atoms. The lowest BCUT2D eigenvalue weighted by Gasteiger charge is -2.19. The van der Waals surface area contributed by atoms with Crippen molar-refractivity contribution in [2.24, 2.45) is 0 Å². The second-order valence-corrected chi connectivity index (χ2v) is 5.28. The van der Waals surface area contributed by atoms with Gasteiger partial charge in [-0.2, -0.15) is 4.89 Å². The first-order valence-electron chi connectivity index (χ1n) is 5.90. The maximum absolute atomic E-state index is 5.89. The van der Waals surface area contributed by atoms with Gasteiger partial charge in [0.25, 0.3) is 0 Å². The molecule has 0 aromatic heterocycles. The van der Waals surface area contributed by atoms with E-state index in [4.69, 9.17) is 14.4 Å². The summed E-state index contributed by atoms with van der Waals surface area (Å²) >= 11 is 2.07. The minimum absolute atomic E-state index is 0.0160. The Labute approximate surface area is 120 Å². The van der Waals surface area contributed by atoms with E-state index in [1.54, 1.807) is 0 Å². The van der Waals surface area contributed by atoms with Gasteiger partial charge in [0.1, 0.15) is 0 Å². The van der Waals surface area contributed by atoms with Gasteiger partial charge in [0, 0.05) is 0 Å². The van der Waals surface area contributed by atoms with Crippen molar-refractivity contribution < 1.29 is 24.3 Å². The maximum Gasteiger partial charge on any atom is 0.196 e. The molecule has 0 amide bonds. The molecule has 0 spiro atoms. The summed E-state index contributed by atoms with van der Waals surface area (Å²) in [7, 11) is 1.39. The van der Waals surface area contributed by atoms with Gasteiger partial charge in [-0.05, 0) is 38.1 Å².